The maximum absolute atomic E-state index is 3.53. The molecule has 0 radical (unpaired) electrons. The highest BCUT2D eigenvalue weighted by molar-refractivity contribution is 9.10. The molecule has 0 amide bonds. The van der Waals surface area contributed by atoms with Gasteiger partial charge in [-0.25, -0.2) is 0 Å². The Morgan fingerprint density at radius 1 is 1.00 bits per heavy atom. The summed E-state index contributed by atoms with van der Waals surface area (Å²) in [4.78, 5) is 2.14. The number of rotatable bonds is 4. The van der Waals surface area contributed by atoms with E-state index in [-0.39, 0.29) is 0 Å². The first-order valence-corrected chi connectivity index (χ1v) is 7.53. The molecule has 2 aromatic carbocycles. The summed E-state index contributed by atoms with van der Waals surface area (Å²) in [5.74, 6) is 0. The van der Waals surface area contributed by atoms with Gasteiger partial charge in [-0.05, 0) is 48.7 Å². The van der Waals surface area contributed by atoms with Crippen molar-refractivity contribution in [1.29, 1.82) is 0 Å². The van der Waals surface area contributed by atoms with E-state index in [0.717, 1.165) is 16.7 Å². The highest BCUT2D eigenvalue weighted by Crippen LogP contribution is 2.23. The highest BCUT2D eigenvalue weighted by Gasteiger charge is 2.03. The number of hydrogen-bond acceptors (Lipinski definition) is 2. The molecule has 0 bridgehead atoms. The fourth-order valence-electron chi connectivity index (χ4n) is 2.22. The van der Waals surface area contributed by atoms with Crippen molar-refractivity contribution in [3.8, 4) is 0 Å². The summed E-state index contributed by atoms with van der Waals surface area (Å²) >= 11 is 3.53. The molecule has 20 heavy (non-hydrogen) atoms. The molecule has 0 unspecified atom stereocenters. The van der Waals surface area contributed by atoms with Crippen LogP contribution in [0.25, 0.3) is 0 Å². The molecule has 1 N–H and O–H groups in total. The summed E-state index contributed by atoms with van der Waals surface area (Å²) in [7, 11) is 4.15. The van der Waals surface area contributed by atoms with E-state index < -0.39 is 0 Å². The van der Waals surface area contributed by atoms with Gasteiger partial charge in [0.25, 0.3) is 0 Å². The average Bonchev–Trinajstić information content (AvgIpc) is 2.41. The Morgan fingerprint density at radius 3 is 2.40 bits per heavy atom. The minimum absolute atomic E-state index is 0.837. The number of benzene rings is 2. The molecule has 2 rings (SSSR count). The molecule has 0 saturated heterocycles. The zero-order valence-electron chi connectivity index (χ0n) is 12.5. The lowest BCUT2D eigenvalue weighted by atomic mass is 10.1. The third kappa shape index (κ3) is 3.54. The van der Waals surface area contributed by atoms with E-state index in [0.29, 0.717) is 0 Å². The van der Waals surface area contributed by atoms with Crippen molar-refractivity contribution in [2.75, 3.05) is 24.3 Å². The Hall–Kier alpha value is -1.48. The Balaban J connectivity index is 2.10. The summed E-state index contributed by atoms with van der Waals surface area (Å²) in [6.07, 6.45) is 0. The Bertz CT molecular complexity index is 606. The first-order valence-electron chi connectivity index (χ1n) is 6.74. The standard InChI is InChI=1S/C17H21BrN2/c1-12-5-7-15(10-17(12)20(3)4)19-11-14-6-8-16(18)13(2)9-14/h5-10,19H,11H2,1-4H3. The highest BCUT2D eigenvalue weighted by atomic mass is 79.9. The van der Waals surface area contributed by atoms with Gasteiger partial charge in [0.2, 0.25) is 0 Å². The molecule has 0 heterocycles. The van der Waals surface area contributed by atoms with Crippen molar-refractivity contribution in [3.63, 3.8) is 0 Å². The van der Waals surface area contributed by atoms with Crippen molar-refractivity contribution in [2.45, 2.75) is 20.4 Å². The fourth-order valence-corrected chi connectivity index (χ4v) is 2.47. The van der Waals surface area contributed by atoms with Crippen LogP contribution in [0.4, 0.5) is 11.4 Å². The molecule has 0 spiro atoms. The third-order valence-electron chi connectivity index (χ3n) is 3.41. The molecular formula is C17H21BrN2. The molecule has 0 aliphatic heterocycles. The van der Waals surface area contributed by atoms with Crippen LogP contribution in [0.5, 0.6) is 0 Å². The molecule has 0 saturated carbocycles. The maximum atomic E-state index is 3.53. The van der Waals surface area contributed by atoms with Crippen LogP contribution in [0.3, 0.4) is 0 Å². The van der Waals surface area contributed by atoms with Gasteiger partial charge in [-0.1, -0.05) is 34.1 Å². The van der Waals surface area contributed by atoms with Gasteiger partial charge in [0.15, 0.2) is 0 Å². The number of aryl methyl sites for hydroxylation is 2. The van der Waals surface area contributed by atoms with Crippen molar-refractivity contribution in [3.05, 3.63) is 57.6 Å². The largest absolute Gasteiger partial charge is 0.381 e. The number of nitrogens with zero attached hydrogens (tertiary/aromatic N) is 1. The predicted molar refractivity (Wildman–Crippen MR) is 91.7 cm³/mol. The van der Waals surface area contributed by atoms with E-state index in [1.807, 2.05) is 0 Å². The molecule has 0 aliphatic rings. The van der Waals surface area contributed by atoms with E-state index in [9.17, 15) is 0 Å². The zero-order chi connectivity index (χ0) is 14.7. The second-order valence-corrected chi connectivity index (χ2v) is 6.19. The summed E-state index contributed by atoms with van der Waals surface area (Å²) in [6, 6.07) is 12.9. The molecule has 0 atom stereocenters. The smallest absolute Gasteiger partial charge is 0.0411 e. The first-order chi connectivity index (χ1) is 9.47. The summed E-state index contributed by atoms with van der Waals surface area (Å²) in [5.41, 5.74) is 6.25. The Kier molecular flexibility index (Phi) is 4.71. The molecule has 0 aliphatic carbocycles. The lowest BCUT2D eigenvalue weighted by molar-refractivity contribution is 1.10. The van der Waals surface area contributed by atoms with Crippen LogP contribution in [-0.2, 0) is 6.54 Å². The SMILES string of the molecule is Cc1cc(CNc2ccc(C)c(N(C)C)c2)ccc1Br. The maximum Gasteiger partial charge on any atom is 0.0411 e. The second-order valence-electron chi connectivity index (χ2n) is 5.33. The first kappa shape index (κ1) is 14.9. The Morgan fingerprint density at radius 2 is 1.75 bits per heavy atom. The number of nitrogens with one attached hydrogen (secondary N) is 1. The summed E-state index contributed by atoms with van der Waals surface area (Å²) in [5, 5.41) is 3.49. The van der Waals surface area contributed by atoms with Gasteiger partial charge < -0.3 is 10.2 Å². The van der Waals surface area contributed by atoms with Gasteiger partial charge in [-0.2, -0.15) is 0 Å². The van der Waals surface area contributed by atoms with Crippen LogP contribution in [0.1, 0.15) is 16.7 Å². The van der Waals surface area contributed by atoms with Crippen LogP contribution in [0, 0.1) is 13.8 Å². The van der Waals surface area contributed by atoms with Gasteiger partial charge in [-0.15, -0.1) is 0 Å². The summed E-state index contributed by atoms with van der Waals surface area (Å²) < 4.78 is 1.16. The van der Waals surface area contributed by atoms with Gasteiger partial charge >= 0.3 is 0 Å². The minimum atomic E-state index is 0.837. The van der Waals surface area contributed by atoms with Crippen LogP contribution >= 0.6 is 15.9 Å². The molecule has 2 nitrogen and oxygen atoms in total. The third-order valence-corrected chi connectivity index (χ3v) is 4.30. The van der Waals surface area contributed by atoms with Gasteiger partial charge in [0, 0.05) is 36.5 Å². The molecule has 0 fully saturated rings. The van der Waals surface area contributed by atoms with Crippen LogP contribution < -0.4 is 10.2 Å². The van der Waals surface area contributed by atoms with Crippen molar-refractivity contribution >= 4 is 27.3 Å². The molecule has 3 heteroatoms. The van der Waals surface area contributed by atoms with E-state index >= 15 is 0 Å². The minimum Gasteiger partial charge on any atom is -0.381 e. The lowest BCUT2D eigenvalue weighted by Crippen LogP contribution is -2.11. The van der Waals surface area contributed by atoms with Crippen molar-refractivity contribution in [2.24, 2.45) is 0 Å². The van der Waals surface area contributed by atoms with Gasteiger partial charge in [0.05, 0.1) is 0 Å². The lowest BCUT2D eigenvalue weighted by Gasteiger charge is -2.17. The normalized spacial score (nSPS) is 10.4. The van der Waals surface area contributed by atoms with Crippen molar-refractivity contribution < 1.29 is 0 Å². The number of halogens is 1. The van der Waals surface area contributed by atoms with Crippen LogP contribution in [0.2, 0.25) is 0 Å². The predicted octanol–water partition coefficient (Wildman–Crippen LogP) is 4.74. The molecule has 106 valence electrons. The van der Waals surface area contributed by atoms with Gasteiger partial charge in [0.1, 0.15) is 0 Å². The topological polar surface area (TPSA) is 15.3 Å². The van der Waals surface area contributed by atoms with Crippen LogP contribution in [0.15, 0.2) is 40.9 Å². The van der Waals surface area contributed by atoms with E-state index in [1.165, 1.54) is 22.4 Å². The zero-order valence-corrected chi connectivity index (χ0v) is 14.1. The number of hydrogen-bond donors (Lipinski definition) is 1. The molecule has 2 aromatic rings. The quantitative estimate of drug-likeness (QED) is 0.869. The van der Waals surface area contributed by atoms with Crippen LogP contribution in [-0.4, -0.2) is 14.1 Å². The van der Waals surface area contributed by atoms with E-state index in [2.05, 4.69) is 90.5 Å². The Labute approximate surface area is 129 Å². The van der Waals surface area contributed by atoms with E-state index in [1.54, 1.807) is 0 Å². The second kappa shape index (κ2) is 6.31. The fraction of sp³-hybridized carbons (Fsp3) is 0.294. The van der Waals surface area contributed by atoms with Crippen molar-refractivity contribution in [1.82, 2.24) is 0 Å². The monoisotopic (exact) mass is 332 g/mol. The van der Waals surface area contributed by atoms with Gasteiger partial charge in [-0.3, -0.25) is 0 Å². The number of anilines is 2. The molecule has 0 aromatic heterocycles. The van der Waals surface area contributed by atoms with E-state index in [4.69, 9.17) is 0 Å². The molecular weight excluding hydrogens is 312 g/mol. The summed E-state index contributed by atoms with van der Waals surface area (Å²) in [6.45, 7) is 5.09. The average molecular weight is 333 g/mol.